The molecule has 2 saturated heterocycles. The molecule has 4 atom stereocenters. The van der Waals surface area contributed by atoms with Crippen LogP contribution in [-0.2, 0) is 0 Å². The van der Waals surface area contributed by atoms with Crippen LogP contribution in [0.3, 0.4) is 0 Å². The van der Waals surface area contributed by atoms with E-state index in [1.54, 1.807) is 12.1 Å². The maximum absolute atomic E-state index is 13.3. The van der Waals surface area contributed by atoms with Gasteiger partial charge in [-0.2, -0.15) is 0 Å². The summed E-state index contributed by atoms with van der Waals surface area (Å²) >= 11 is 12.9. The number of rotatable bonds is 3. The Kier molecular flexibility index (Phi) is 4.89. The largest absolute Gasteiger partial charge is 0.478 e. The van der Waals surface area contributed by atoms with Crippen LogP contribution in [0, 0.1) is 10.1 Å². The number of fused-ring (bicyclic) bond motifs is 5. The Hall–Kier alpha value is -2.64. The summed E-state index contributed by atoms with van der Waals surface area (Å²) in [5.41, 5.74) is 0.774. The summed E-state index contributed by atoms with van der Waals surface area (Å²) in [4.78, 5) is 13.2. The number of nitro groups is 1. The van der Waals surface area contributed by atoms with E-state index in [1.165, 1.54) is 0 Å². The third kappa shape index (κ3) is 2.88. The molecule has 0 bridgehead atoms. The normalized spacial score (nSPS) is 28.6. The number of ether oxygens (including phenoxy) is 1. The van der Waals surface area contributed by atoms with Gasteiger partial charge in [0.2, 0.25) is 0 Å². The minimum absolute atomic E-state index is 0.126. The van der Waals surface area contributed by atoms with E-state index in [0.29, 0.717) is 27.9 Å². The molecule has 3 aromatic rings. The number of nitrogens with zero attached hydrogens (tertiary/aromatic N) is 3. The zero-order chi connectivity index (χ0) is 22.7. The predicted molar refractivity (Wildman–Crippen MR) is 126 cm³/mol. The molecule has 6 rings (SSSR count). The summed E-state index contributed by atoms with van der Waals surface area (Å²) in [5.74, 6) is 0.684. The second-order valence-corrected chi connectivity index (χ2v) is 9.59. The Bertz CT molecular complexity index is 1240. The van der Waals surface area contributed by atoms with E-state index in [4.69, 9.17) is 27.9 Å². The van der Waals surface area contributed by atoms with Gasteiger partial charge in [0.25, 0.3) is 0 Å². The molecule has 0 aromatic heterocycles. The lowest BCUT2D eigenvalue weighted by molar-refractivity contribution is -0.594. The summed E-state index contributed by atoms with van der Waals surface area (Å²) in [6.45, 7) is 1.44. The van der Waals surface area contributed by atoms with Gasteiger partial charge < -0.3 is 4.74 Å². The second kappa shape index (κ2) is 7.71. The third-order valence-corrected chi connectivity index (χ3v) is 7.69. The molecule has 0 N–H and O–H groups in total. The highest BCUT2D eigenvalue weighted by molar-refractivity contribution is 6.35. The molecule has 2 fully saturated rings. The lowest BCUT2D eigenvalue weighted by Crippen LogP contribution is -2.56. The summed E-state index contributed by atoms with van der Waals surface area (Å²) in [7, 11) is 0. The van der Waals surface area contributed by atoms with Crippen LogP contribution in [0.2, 0.25) is 10.0 Å². The van der Waals surface area contributed by atoms with Crippen LogP contribution in [0.25, 0.3) is 0 Å². The number of hydrazine groups is 1. The number of benzene rings is 3. The van der Waals surface area contributed by atoms with Crippen molar-refractivity contribution in [1.82, 2.24) is 10.0 Å². The van der Waals surface area contributed by atoms with Gasteiger partial charge in [-0.05, 0) is 35.7 Å². The highest BCUT2D eigenvalue weighted by Gasteiger charge is 2.76. The molecule has 0 radical (unpaired) electrons. The molecule has 8 heteroatoms. The SMILES string of the molecule is O=[N+]([O-])[C@@]12[C@@H](c3ccccc3)Oc3ccccc3[C@@H]1N1CCCN1[C@H]2c1ccc(Cl)cc1Cl. The predicted octanol–water partition coefficient (Wildman–Crippen LogP) is 5.86. The molecular weight excluding hydrogens is 461 g/mol. The van der Waals surface area contributed by atoms with Crippen molar-refractivity contribution in [1.29, 1.82) is 0 Å². The molecule has 3 aliphatic rings. The van der Waals surface area contributed by atoms with E-state index in [9.17, 15) is 10.1 Å². The molecular formula is C25H21Cl2N3O3. The molecule has 3 heterocycles. The Morgan fingerprint density at radius 3 is 2.27 bits per heavy atom. The van der Waals surface area contributed by atoms with Gasteiger partial charge in [0.1, 0.15) is 17.8 Å². The zero-order valence-electron chi connectivity index (χ0n) is 17.6. The van der Waals surface area contributed by atoms with Crippen molar-refractivity contribution in [3.05, 3.63) is 110 Å². The van der Waals surface area contributed by atoms with Crippen LogP contribution in [0.5, 0.6) is 5.75 Å². The fraction of sp³-hybridized carbons (Fsp3) is 0.280. The summed E-state index contributed by atoms with van der Waals surface area (Å²) in [6, 6.07) is 21.3. The number of hydrogen-bond acceptors (Lipinski definition) is 5. The van der Waals surface area contributed by atoms with E-state index < -0.39 is 23.7 Å². The van der Waals surface area contributed by atoms with Gasteiger partial charge in [-0.3, -0.25) is 10.1 Å². The Balaban J connectivity index is 1.68. The van der Waals surface area contributed by atoms with Gasteiger partial charge in [-0.15, -0.1) is 0 Å². The molecule has 0 aliphatic carbocycles. The molecule has 3 aliphatic heterocycles. The van der Waals surface area contributed by atoms with Crippen molar-refractivity contribution >= 4 is 23.2 Å². The maximum Gasteiger partial charge on any atom is 0.303 e. The van der Waals surface area contributed by atoms with Crippen molar-refractivity contribution in [3.8, 4) is 5.75 Å². The topological polar surface area (TPSA) is 58.9 Å². The highest BCUT2D eigenvalue weighted by atomic mass is 35.5. The van der Waals surface area contributed by atoms with Gasteiger partial charge in [0.05, 0.1) is 0 Å². The minimum atomic E-state index is -1.52. The van der Waals surface area contributed by atoms with E-state index >= 15 is 0 Å². The van der Waals surface area contributed by atoms with Gasteiger partial charge >= 0.3 is 5.54 Å². The summed E-state index contributed by atoms with van der Waals surface area (Å²) in [5, 5.41) is 18.6. The molecule has 0 unspecified atom stereocenters. The van der Waals surface area contributed by atoms with Gasteiger partial charge in [-0.1, -0.05) is 77.8 Å². The lowest BCUT2D eigenvalue weighted by atomic mass is 9.70. The van der Waals surface area contributed by atoms with Crippen LogP contribution in [-0.4, -0.2) is 33.6 Å². The standard InChI is InChI=1S/C25H21Cl2N3O3/c26-17-11-12-18(20(27)15-17)22-25(30(31)32)23(29-14-6-13-28(22)29)19-9-4-5-10-21(19)33-24(25)16-7-2-1-3-8-16/h1-5,7-12,15,22-24H,6,13-14H2/t22-,23-,24+,25+/m0/s1. The third-order valence-electron chi connectivity index (χ3n) is 7.13. The van der Waals surface area contributed by atoms with Crippen LogP contribution < -0.4 is 4.74 Å². The van der Waals surface area contributed by atoms with E-state index in [0.717, 1.165) is 24.1 Å². The average molecular weight is 482 g/mol. The molecule has 0 amide bonds. The van der Waals surface area contributed by atoms with Crippen LogP contribution >= 0.6 is 23.2 Å². The average Bonchev–Trinajstić information content (AvgIpc) is 3.39. The van der Waals surface area contributed by atoms with Crippen LogP contribution in [0.15, 0.2) is 72.8 Å². The molecule has 0 spiro atoms. The monoisotopic (exact) mass is 481 g/mol. The second-order valence-electron chi connectivity index (χ2n) is 8.74. The fourth-order valence-electron chi connectivity index (χ4n) is 5.96. The van der Waals surface area contributed by atoms with Gasteiger partial charge in [0.15, 0.2) is 6.10 Å². The Morgan fingerprint density at radius 2 is 1.58 bits per heavy atom. The van der Waals surface area contributed by atoms with E-state index in [1.807, 2.05) is 60.7 Å². The molecule has 168 valence electrons. The zero-order valence-corrected chi connectivity index (χ0v) is 19.1. The van der Waals surface area contributed by atoms with Crippen LogP contribution in [0.1, 0.15) is 41.3 Å². The van der Waals surface area contributed by atoms with Crippen molar-refractivity contribution in [3.63, 3.8) is 0 Å². The number of para-hydroxylation sites is 1. The first-order valence-electron chi connectivity index (χ1n) is 11.0. The fourth-order valence-corrected chi connectivity index (χ4v) is 6.47. The molecule has 33 heavy (non-hydrogen) atoms. The maximum atomic E-state index is 13.3. The highest BCUT2D eigenvalue weighted by Crippen LogP contribution is 2.64. The molecule has 6 nitrogen and oxygen atoms in total. The lowest BCUT2D eigenvalue weighted by Gasteiger charge is -2.42. The Morgan fingerprint density at radius 1 is 0.909 bits per heavy atom. The summed E-state index contributed by atoms with van der Waals surface area (Å²) in [6.07, 6.45) is 0.112. The number of hydrogen-bond donors (Lipinski definition) is 0. The van der Waals surface area contributed by atoms with Crippen molar-refractivity contribution in [2.24, 2.45) is 0 Å². The summed E-state index contributed by atoms with van der Waals surface area (Å²) < 4.78 is 6.51. The number of halogens is 2. The van der Waals surface area contributed by atoms with E-state index in [-0.39, 0.29) is 4.92 Å². The van der Waals surface area contributed by atoms with Crippen molar-refractivity contribution in [2.45, 2.75) is 30.1 Å². The van der Waals surface area contributed by atoms with E-state index in [2.05, 4.69) is 10.0 Å². The first-order valence-corrected chi connectivity index (χ1v) is 11.7. The minimum Gasteiger partial charge on any atom is -0.478 e. The quantitative estimate of drug-likeness (QED) is 0.346. The molecule has 3 aromatic carbocycles. The Labute approximate surface area is 201 Å². The first-order chi connectivity index (χ1) is 16.0. The van der Waals surface area contributed by atoms with Gasteiger partial charge in [-0.25, -0.2) is 10.0 Å². The first kappa shape index (κ1) is 20.9. The van der Waals surface area contributed by atoms with Gasteiger partial charge in [0, 0.05) is 33.6 Å². The smallest absolute Gasteiger partial charge is 0.303 e. The van der Waals surface area contributed by atoms with Crippen molar-refractivity contribution in [2.75, 3.05) is 13.1 Å². The van der Waals surface area contributed by atoms with Crippen molar-refractivity contribution < 1.29 is 9.66 Å². The van der Waals surface area contributed by atoms with Crippen LogP contribution in [0.4, 0.5) is 0 Å². The molecule has 0 saturated carbocycles.